The molecule has 0 amide bonds. The second-order valence-electron chi connectivity index (χ2n) is 2.70. The SMILES string of the molecule is Cc1ccccc1CCN[Si]F. The Morgan fingerprint density at radius 3 is 2.83 bits per heavy atom. The minimum Gasteiger partial charge on any atom is -0.311 e. The number of hydrogen-bond acceptors (Lipinski definition) is 1. The third-order valence-corrected chi connectivity index (χ3v) is 2.23. The zero-order valence-electron chi connectivity index (χ0n) is 7.10. The average Bonchev–Trinajstić information content (AvgIpc) is 2.09. The van der Waals surface area contributed by atoms with Crippen molar-refractivity contribution in [1.29, 1.82) is 0 Å². The minimum absolute atomic E-state index is 0.644. The van der Waals surface area contributed by atoms with Crippen molar-refractivity contribution < 1.29 is 4.11 Å². The summed E-state index contributed by atoms with van der Waals surface area (Å²) in [5.41, 5.74) is 2.57. The molecule has 0 heterocycles. The van der Waals surface area contributed by atoms with E-state index in [4.69, 9.17) is 0 Å². The molecule has 1 N–H and O–H groups in total. The lowest BCUT2D eigenvalue weighted by atomic mass is 10.1. The number of hydrogen-bond donors (Lipinski definition) is 1. The van der Waals surface area contributed by atoms with E-state index in [1.807, 2.05) is 12.1 Å². The largest absolute Gasteiger partial charge is 0.396 e. The van der Waals surface area contributed by atoms with Crippen LogP contribution in [0.1, 0.15) is 11.1 Å². The Kier molecular flexibility index (Phi) is 3.97. The maximum atomic E-state index is 11.7. The van der Waals surface area contributed by atoms with Crippen molar-refractivity contribution in [3.05, 3.63) is 35.4 Å². The van der Waals surface area contributed by atoms with Gasteiger partial charge in [0.15, 0.2) is 0 Å². The number of aryl methyl sites for hydroxylation is 1. The lowest BCUT2D eigenvalue weighted by Gasteiger charge is -2.03. The fraction of sp³-hybridized carbons (Fsp3) is 0.333. The van der Waals surface area contributed by atoms with Crippen LogP contribution in [0.2, 0.25) is 0 Å². The van der Waals surface area contributed by atoms with Crippen LogP contribution in [0.15, 0.2) is 24.3 Å². The molecule has 0 saturated heterocycles. The Bertz CT molecular complexity index is 240. The van der Waals surface area contributed by atoms with E-state index in [0.717, 1.165) is 13.0 Å². The van der Waals surface area contributed by atoms with Gasteiger partial charge in [0.2, 0.25) is 0 Å². The van der Waals surface area contributed by atoms with Gasteiger partial charge < -0.3 is 4.98 Å². The molecule has 0 spiro atoms. The van der Waals surface area contributed by atoms with E-state index in [9.17, 15) is 4.11 Å². The highest BCUT2D eigenvalue weighted by Crippen LogP contribution is 2.06. The highest BCUT2D eigenvalue weighted by Gasteiger charge is 1.95. The van der Waals surface area contributed by atoms with Crippen LogP contribution in [0.3, 0.4) is 0 Å². The first-order chi connectivity index (χ1) is 5.84. The van der Waals surface area contributed by atoms with Gasteiger partial charge in [0.05, 0.1) is 0 Å². The molecule has 64 valence electrons. The number of benzene rings is 1. The van der Waals surface area contributed by atoms with Crippen LogP contribution < -0.4 is 4.98 Å². The van der Waals surface area contributed by atoms with Crippen molar-refractivity contribution in [3.8, 4) is 0 Å². The first-order valence-corrected chi connectivity index (χ1v) is 4.85. The predicted octanol–water partition coefficient (Wildman–Crippen LogP) is 1.63. The van der Waals surface area contributed by atoms with E-state index in [1.54, 1.807) is 0 Å². The molecule has 3 heteroatoms. The van der Waals surface area contributed by atoms with E-state index in [-0.39, 0.29) is 0 Å². The van der Waals surface area contributed by atoms with Crippen LogP contribution in [0.4, 0.5) is 4.11 Å². The number of halogens is 1. The van der Waals surface area contributed by atoms with Crippen molar-refractivity contribution >= 4 is 10.0 Å². The van der Waals surface area contributed by atoms with Crippen molar-refractivity contribution in [1.82, 2.24) is 4.98 Å². The van der Waals surface area contributed by atoms with Crippen LogP contribution in [0.25, 0.3) is 0 Å². The van der Waals surface area contributed by atoms with E-state index in [1.165, 1.54) is 11.1 Å². The van der Waals surface area contributed by atoms with Crippen molar-refractivity contribution in [2.75, 3.05) is 6.54 Å². The van der Waals surface area contributed by atoms with E-state index in [0.29, 0.717) is 0 Å². The molecule has 0 aliphatic carbocycles. The molecule has 1 aromatic rings. The summed E-state index contributed by atoms with van der Waals surface area (Å²) in [4.78, 5) is 2.69. The summed E-state index contributed by atoms with van der Waals surface area (Å²) in [6.07, 6.45) is 0.906. The maximum absolute atomic E-state index is 11.7. The smallest absolute Gasteiger partial charge is 0.311 e. The van der Waals surface area contributed by atoms with Crippen molar-refractivity contribution in [3.63, 3.8) is 0 Å². The Morgan fingerprint density at radius 1 is 1.42 bits per heavy atom. The molecule has 0 aromatic heterocycles. The summed E-state index contributed by atoms with van der Waals surface area (Å²) in [5, 5.41) is 0. The summed E-state index contributed by atoms with van der Waals surface area (Å²) in [6, 6.07) is 8.19. The van der Waals surface area contributed by atoms with E-state index in [2.05, 4.69) is 24.0 Å². The summed E-state index contributed by atoms with van der Waals surface area (Å²) in [5.74, 6) is 0. The Balaban J connectivity index is 2.46. The molecule has 1 nitrogen and oxygen atoms in total. The van der Waals surface area contributed by atoms with Crippen molar-refractivity contribution in [2.24, 2.45) is 0 Å². The minimum atomic E-state index is -0.644. The monoisotopic (exact) mass is 181 g/mol. The van der Waals surface area contributed by atoms with Crippen molar-refractivity contribution in [2.45, 2.75) is 13.3 Å². The van der Waals surface area contributed by atoms with Gasteiger partial charge in [-0.25, -0.2) is 0 Å². The first-order valence-electron chi connectivity index (χ1n) is 3.97. The Hall–Kier alpha value is -0.673. The zero-order chi connectivity index (χ0) is 8.81. The molecule has 12 heavy (non-hydrogen) atoms. The fourth-order valence-electron chi connectivity index (χ4n) is 1.14. The molecule has 1 aromatic carbocycles. The standard InChI is InChI=1S/C9H12FNSi/c1-8-4-2-3-5-9(8)6-7-11-12-10/h2-5,11H,6-7H2,1H3. The lowest BCUT2D eigenvalue weighted by molar-refractivity contribution is 0.782. The molecule has 0 atom stereocenters. The van der Waals surface area contributed by atoms with Gasteiger partial charge in [0, 0.05) is 0 Å². The maximum Gasteiger partial charge on any atom is 0.396 e. The van der Waals surface area contributed by atoms with Gasteiger partial charge in [-0.1, -0.05) is 24.3 Å². The molecule has 1 rings (SSSR count). The van der Waals surface area contributed by atoms with Gasteiger partial charge in [0.1, 0.15) is 0 Å². The first kappa shape index (κ1) is 9.42. The van der Waals surface area contributed by atoms with E-state index >= 15 is 0 Å². The quantitative estimate of drug-likeness (QED) is 0.423. The van der Waals surface area contributed by atoms with Crippen LogP contribution in [-0.2, 0) is 6.42 Å². The van der Waals surface area contributed by atoms with Crippen LogP contribution in [0.5, 0.6) is 0 Å². The molecular weight excluding hydrogens is 169 g/mol. The molecular formula is C9H12FNSi. The van der Waals surface area contributed by atoms with Gasteiger partial charge in [-0.05, 0) is 31.0 Å². The Labute approximate surface area is 75.1 Å². The molecule has 0 saturated carbocycles. The predicted molar refractivity (Wildman–Crippen MR) is 49.7 cm³/mol. The molecule has 0 unspecified atom stereocenters. The number of nitrogens with one attached hydrogen (secondary N) is 1. The van der Waals surface area contributed by atoms with Crippen LogP contribution in [0, 0.1) is 6.92 Å². The second-order valence-corrected chi connectivity index (χ2v) is 3.24. The molecule has 0 bridgehead atoms. The summed E-state index contributed by atoms with van der Waals surface area (Å²) in [7, 11) is -0.644. The lowest BCUT2D eigenvalue weighted by Crippen LogP contribution is -2.18. The molecule has 0 fully saturated rings. The Morgan fingerprint density at radius 2 is 2.17 bits per heavy atom. The summed E-state index contributed by atoms with van der Waals surface area (Å²) >= 11 is 0. The van der Waals surface area contributed by atoms with Crippen LogP contribution >= 0.6 is 0 Å². The highest BCUT2D eigenvalue weighted by molar-refractivity contribution is 6.22. The van der Waals surface area contributed by atoms with Gasteiger partial charge in [-0.2, -0.15) is 0 Å². The molecule has 2 radical (unpaired) electrons. The van der Waals surface area contributed by atoms with Crippen LogP contribution in [-0.4, -0.2) is 16.6 Å². The zero-order valence-corrected chi connectivity index (χ0v) is 8.10. The third kappa shape index (κ3) is 2.75. The third-order valence-electron chi connectivity index (χ3n) is 1.85. The van der Waals surface area contributed by atoms with Gasteiger partial charge in [-0.15, -0.1) is 0 Å². The van der Waals surface area contributed by atoms with Gasteiger partial charge >= 0.3 is 10.0 Å². The molecule has 0 aliphatic rings. The van der Waals surface area contributed by atoms with Gasteiger partial charge in [-0.3, -0.25) is 4.11 Å². The summed E-state index contributed by atoms with van der Waals surface area (Å²) < 4.78 is 11.7. The highest BCUT2D eigenvalue weighted by atomic mass is 28.3. The van der Waals surface area contributed by atoms with E-state index < -0.39 is 10.0 Å². The fourth-order valence-corrected chi connectivity index (χ4v) is 1.35. The molecule has 0 aliphatic heterocycles. The second kappa shape index (κ2) is 5.06. The number of rotatable bonds is 4. The topological polar surface area (TPSA) is 12.0 Å². The normalized spacial score (nSPS) is 10.2. The summed E-state index contributed by atoms with van der Waals surface area (Å²) in [6.45, 7) is 2.80. The average molecular weight is 181 g/mol. The van der Waals surface area contributed by atoms with Gasteiger partial charge in [0.25, 0.3) is 0 Å².